The third kappa shape index (κ3) is 3.67. The van der Waals surface area contributed by atoms with Crippen LogP contribution in [-0.2, 0) is 6.61 Å². The molecule has 0 bridgehead atoms. The molecule has 0 saturated heterocycles. The standard InChI is InChI=1S/C14H16BrN3O/c1-3-16-13-10(2)14(18-9-17-13)19-8-11-5-4-6-12(15)7-11/h4-7,9H,3,8H2,1-2H3,(H,16,17,18). The molecule has 0 saturated carbocycles. The molecule has 0 unspecified atom stereocenters. The fourth-order valence-corrected chi connectivity index (χ4v) is 2.15. The third-order valence-electron chi connectivity index (χ3n) is 2.65. The number of rotatable bonds is 5. The summed E-state index contributed by atoms with van der Waals surface area (Å²) < 4.78 is 6.80. The van der Waals surface area contributed by atoms with Crippen LogP contribution in [0.5, 0.6) is 5.88 Å². The minimum atomic E-state index is 0.489. The van der Waals surface area contributed by atoms with Gasteiger partial charge < -0.3 is 10.1 Å². The first kappa shape index (κ1) is 13.8. The lowest BCUT2D eigenvalue weighted by Gasteiger charge is -2.11. The van der Waals surface area contributed by atoms with Crippen molar-refractivity contribution in [2.45, 2.75) is 20.5 Å². The summed E-state index contributed by atoms with van der Waals surface area (Å²) in [7, 11) is 0. The van der Waals surface area contributed by atoms with Crippen molar-refractivity contribution in [3.05, 3.63) is 46.2 Å². The van der Waals surface area contributed by atoms with E-state index in [9.17, 15) is 0 Å². The zero-order valence-corrected chi connectivity index (χ0v) is 12.6. The van der Waals surface area contributed by atoms with Crippen molar-refractivity contribution in [3.8, 4) is 5.88 Å². The zero-order valence-electron chi connectivity index (χ0n) is 11.0. The van der Waals surface area contributed by atoms with Gasteiger partial charge >= 0.3 is 0 Å². The lowest BCUT2D eigenvalue weighted by molar-refractivity contribution is 0.291. The molecule has 19 heavy (non-hydrogen) atoms. The average Bonchev–Trinajstić information content (AvgIpc) is 2.40. The van der Waals surface area contributed by atoms with E-state index in [2.05, 4.69) is 31.2 Å². The summed E-state index contributed by atoms with van der Waals surface area (Å²) in [6, 6.07) is 8.02. The number of anilines is 1. The molecule has 0 amide bonds. The fourth-order valence-electron chi connectivity index (χ4n) is 1.70. The zero-order chi connectivity index (χ0) is 13.7. The van der Waals surface area contributed by atoms with Crippen molar-refractivity contribution < 1.29 is 4.74 Å². The first-order valence-corrected chi connectivity index (χ1v) is 6.92. The molecular weight excluding hydrogens is 306 g/mol. The van der Waals surface area contributed by atoms with Crippen LogP contribution in [0.3, 0.4) is 0 Å². The van der Waals surface area contributed by atoms with Crippen molar-refractivity contribution in [2.75, 3.05) is 11.9 Å². The van der Waals surface area contributed by atoms with Crippen molar-refractivity contribution >= 4 is 21.7 Å². The van der Waals surface area contributed by atoms with E-state index in [0.29, 0.717) is 12.5 Å². The van der Waals surface area contributed by atoms with Gasteiger partial charge in [-0.2, -0.15) is 0 Å². The Bertz CT molecular complexity index is 560. The Balaban J connectivity index is 2.09. The summed E-state index contributed by atoms with van der Waals surface area (Å²) >= 11 is 3.44. The van der Waals surface area contributed by atoms with Crippen LogP contribution in [-0.4, -0.2) is 16.5 Å². The van der Waals surface area contributed by atoms with Crippen LogP contribution in [0.2, 0.25) is 0 Å². The van der Waals surface area contributed by atoms with E-state index in [1.807, 2.05) is 38.1 Å². The topological polar surface area (TPSA) is 47.0 Å². The van der Waals surface area contributed by atoms with E-state index < -0.39 is 0 Å². The highest BCUT2D eigenvalue weighted by Gasteiger charge is 2.07. The molecule has 2 aromatic rings. The Labute approximate surface area is 121 Å². The molecule has 0 atom stereocenters. The highest BCUT2D eigenvalue weighted by molar-refractivity contribution is 9.10. The van der Waals surface area contributed by atoms with Gasteiger partial charge in [-0.1, -0.05) is 28.1 Å². The minimum absolute atomic E-state index is 0.489. The van der Waals surface area contributed by atoms with Gasteiger partial charge in [0.2, 0.25) is 5.88 Å². The average molecular weight is 322 g/mol. The summed E-state index contributed by atoms with van der Waals surface area (Å²) in [4.78, 5) is 8.36. The van der Waals surface area contributed by atoms with Crippen molar-refractivity contribution in [3.63, 3.8) is 0 Å². The SMILES string of the molecule is CCNc1ncnc(OCc2cccc(Br)c2)c1C. The van der Waals surface area contributed by atoms with E-state index in [0.717, 1.165) is 28.0 Å². The van der Waals surface area contributed by atoms with Gasteiger partial charge in [0, 0.05) is 11.0 Å². The highest BCUT2D eigenvalue weighted by atomic mass is 79.9. The van der Waals surface area contributed by atoms with Gasteiger partial charge in [0.15, 0.2) is 0 Å². The summed E-state index contributed by atoms with van der Waals surface area (Å²) in [5.74, 6) is 1.44. The fraction of sp³-hybridized carbons (Fsp3) is 0.286. The predicted molar refractivity (Wildman–Crippen MR) is 79.4 cm³/mol. The smallest absolute Gasteiger partial charge is 0.221 e. The Kier molecular flexibility index (Phi) is 4.74. The van der Waals surface area contributed by atoms with E-state index in [4.69, 9.17) is 4.74 Å². The lowest BCUT2D eigenvalue weighted by Crippen LogP contribution is -2.05. The molecule has 1 aromatic carbocycles. The van der Waals surface area contributed by atoms with E-state index >= 15 is 0 Å². The molecule has 1 heterocycles. The molecular formula is C14H16BrN3O. The van der Waals surface area contributed by atoms with Crippen LogP contribution in [0.25, 0.3) is 0 Å². The molecule has 5 heteroatoms. The molecule has 0 aliphatic heterocycles. The second kappa shape index (κ2) is 6.52. The van der Waals surface area contributed by atoms with E-state index in [-0.39, 0.29) is 0 Å². The number of hydrogen-bond acceptors (Lipinski definition) is 4. The normalized spacial score (nSPS) is 10.3. The van der Waals surface area contributed by atoms with Crippen LogP contribution < -0.4 is 10.1 Å². The van der Waals surface area contributed by atoms with Gasteiger partial charge in [-0.15, -0.1) is 0 Å². The van der Waals surface area contributed by atoms with Crippen molar-refractivity contribution in [1.82, 2.24) is 9.97 Å². The van der Waals surface area contributed by atoms with Gasteiger partial charge in [-0.25, -0.2) is 9.97 Å². The third-order valence-corrected chi connectivity index (χ3v) is 3.14. The Morgan fingerprint density at radius 2 is 2.16 bits per heavy atom. The van der Waals surface area contributed by atoms with E-state index in [1.165, 1.54) is 6.33 Å². The number of hydrogen-bond donors (Lipinski definition) is 1. The summed E-state index contributed by atoms with van der Waals surface area (Å²) in [6.45, 7) is 5.30. The molecule has 0 spiro atoms. The number of benzene rings is 1. The Hall–Kier alpha value is -1.62. The summed E-state index contributed by atoms with van der Waals surface area (Å²) in [5, 5.41) is 3.18. The second-order valence-corrected chi connectivity index (χ2v) is 5.02. The first-order valence-electron chi connectivity index (χ1n) is 6.13. The maximum atomic E-state index is 5.75. The molecule has 4 nitrogen and oxygen atoms in total. The summed E-state index contributed by atoms with van der Waals surface area (Å²) in [5.41, 5.74) is 2.02. The molecule has 2 rings (SSSR count). The van der Waals surface area contributed by atoms with Crippen LogP contribution in [0.4, 0.5) is 5.82 Å². The van der Waals surface area contributed by atoms with Crippen molar-refractivity contribution in [1.29, 1.82) is 0 Å². The molecule has 0 aliphatic rings. The number of nitrogens with zero attached hydrogens (tertiary/aromatic N) is 2. The Morgan fingerprint density at radius 3 is 2.89 bits per heavy atom. The first-order chi connectivity index (χ1) is 9.20. The summed E-state index contributed by atoms with van der Waals surface area (Å²) in [6.07, 6.45) is 1.52. The van der Waals surface area contributed by atoms with Crippen LogP contribution >= 0.6 is 15.9 Å². The molecule has 0 fully saturated rings. The number of halogens is 1. The Morgan fingerprint density at radius 1 is 1.32 bits per heavy atom. The lowest BCUT2D eigenvalue weighted by atomic mass is 10.2. The second-order valence-electron chi connectivity index (χ2n) is 4.10. The predicted octanol–water partition coefficient (Wildman–Crippen LogP) is 3.56. The monoisotopic (exact) mass is 321 g/mol. The van der Waals surface area contributed by atoms with Gasteiger partial charge in [0.25, 0.3) is 0 Å². The quantitative estimate of drug-likeness (QED) is 0.914. The van der Waals surface area contributed by atoms with E-state index in [1.54, 1.807) is 0 Å². The molecule has 0 aliphatic carbocycles. The van der Waals surface area contributed by atoms with Gasteiger partial charge in [0.05, 0.1) is 5.56 Å². The highest BCUT2D eigenvalue weighted by Crippen LogP contribution is 2.21. The van der Waals surface area contributed by atoms with Crippen molar-refractivity contribution in [2.24, 2.45) is 0 Å². The largest absolute Gasteiger partial charge is 0.472 e. The molecule has 1 aromatic heterocycles. The molecule has 1 N–H and O–H groups in total. The van der Waals surface area contributed by atoms with Crippen LogP contribution in [0, 0.1) is 6.92 Å². The van der Waals surface area contributed by atoms with Crippen LogP contribution in [0.1, 0.15) is 18.1 Å². The van der Waals surface area contributed by atoms with Crippen LogP contribution in [0.15, 0.2) is 35.1 Å². The number of aromatic nitrogens is 2. The number of nitrogens with one attached hydrogen (secondary N) is 1. The molecule has 100 valence electrons. The maximum Gasteiger partial charge on any atom is 0.221 e. The maximum absolute atomic E-state index is 5.75. The molecule has 0 radical (unpaired) electrons. The van der Waals surface area contributed by atoms with Gasteiger partial charge in [-0.05, 0) is 31.5 Å². The minimum Gasteiger partial charge on any atom is -0.472 e. The van der Waals surface area contributed by atoms with Gasteiger partial charge in [0.1, 0.15) is 18.8 Å². The van der Waals surface area contributed by atoms with Gasteiger partial charge in [-0.3, -0.25) is 0 Å². The number of ether oxygens (including phenoxy) is 1.